The molecule has 0 spiro atoms. The highest BCUT2D eigenvalue weighted by Gasteiger charge is 2.39. The summed E-state index contributed by atoms with van der Waals surface area (Å²) >= 11 is 0. The molecule has 0 nitrogen and oxygen atoms in total. The summed E-state index contributed by atoms with van der Waals surface area (Å²) in [6.45, 7) is 13.9. The van der Waals surface area contributed by atoms with Gasteiger partial charge in [0, 0.05) is 10.8 Å². The van der Waals surface area contributed by atoms with Crippen molar-refractivity contribution in [1.82, 2.24) is 0 Å². The molecule has 2 unspecified atom stereocenters. The SMILES string of the molecule is CCC1(C)c2cc(C)ccc2-c2ccc(-c3ccc4c(c3)C(C)(CC)c3cc(C)ccc3-4)cc21. The lowest BCUT2D eigenvalue weighted by molar-refractivity contribution is 0.563. The van der Waals surface area contributed by atoms with Crippen LogP contribution in [0.2, 0.25) is 0 Å². The smallest absolute Gasteiger partial charge is 0.0184 e. The van der Waals surface area contributed by atoms with Gasteiger partial charge in [-0.05, 0) is 94.5 Å². The lowest BCUT2D eigenvalue weighted by Crippen LogP contribution is -2.19. The summed E-state index contributed by atoms with van der Waals surface area (Å²) in [6.07, 6.45) is 2.21. The molecule has 0 radical (unpaired) electrons. The van der Waals surface area contributed by atoms with E-state index in [0.29, 0.717) is 0 Å². The standard InChI is InChI=1S/C34H34/c1-7-33(5)29-17-21(3)9-13-25(29)27-15-11-23(19-31(27)33)24-12-16-28-26-14-10-22(4)18-30(26)34(6,8-2)32(28)20-24/h9-20H,7-8H2,1-6H3. The van der Waals surface area contributed by atoms with Gasteiger partial charge in [0.2, 0.25) is 0 Å². The summed E-state index contributed by atoms with van der Waals surface area (Å²) in [4.78, 5) is 0. The van der Waals surface area contributed by atoms with Crippen LogP contribution < -0.4 is 0 Å². The first-order chi connectivity index (χ1) is 16.3. The van der Waals surface area contributed by atoms with Crippen LogP contribution in [0.4, 0.5) is 0 Å². The Morgan fingerprint density at radius 3 is 1.15 bits per heavy atom. The molecule has 170 valence electrons. The minimum absolute atomic E-state index is 0.0646. The lowest BCUT2D eigenvalue weighted by Gasteiger charge is -2.27. The van der Waals surface area contributed by atoms with E-state index in [1.807, 2.05) is 0 Å². The Morgan fingerprint density at radius 1 is 0.471 bits per heavy atom. The zero-order chi connectivity index (χ0) is 23.8. The highest BCUT2D eigenvalue weighted by Crippen LogP contribution is 2.54. The predicted octanol–water partition coefficient (Wildman–Crippen LogP) is 9.36. The molecule has 4 aromatic rings. The fraction of sp³-hybridized carbons (Fsp3) is 0.294. The van der Waals surface area contributed by atoms with Crippen LogP contribution in [-0.2, 0) is 10.8 Å². The number of hydrogen-bond donors (Lipinski definition) is 0. The van der Waals surface area contributed by atoms with E-state index in [-0.39, 0.29) is 10.8 Å². The van der Waals surface area contributed by atoms with Crippen molar-refractivity contribution in [2.45, 2.75) is 65.2 Å². The maximum atomic E-state index is 2.48. The third-order valence-corrected chi connectivity index (χ3v) is 9.09. The normalized spacial score (nSPS) is 21.7. The molecule has 0 aliphatic heterocycles. The van der Waals surface area contributed by atoms with Crippen LogP contribution in [0.1, 0.15) is 73.9 Å². The van der Waals surface area contributed by atoms with Gasteiger partial charge in [0.1, 0.15) is 0 Å². The largest absolute Gasteiger partial charge is 0.0642 e. The van der Waals surface area contributed by atoms with Crippen molar-refractivity contribution in [1.29, 1.82) is 0 Å². The van der Waals surface area contributed by atoms with E-state index in [2.05, 4.69) is 114 Å². The molecule has 0 saturated carbocycles. The molecule has 4 aromatic carbocycles. The molecule has 0 N–H and O–H groups in total. The summed E-state index contributed by atoms with van der Waals surface area (Å²) in [6, 6.07) is 28.3. The summed E-state index contributed by atoms with van der Waals surface area (Å²) in [5.74, 6) is 0. The van der Waals surface area contributed by atoms with E-state index in [4.69, 9.17) is 0 Å². The molecule has 0 fully saturated rings. The van der Waals surface area contributed by atoms with Gasteiger partial charge in [-0.1, -0.05) is 99.5 Å². The quantitative estimate of drug-likeness (QED) is 0.296. The van der Waals surface area contributed by atoms with Crippen molar-refractivity contribution in [3.63, 3.8) is 0 Å². The molecular weight excluding hydrogens is 408 g/mol. The number of rotatable bonds is 3. The average Bonchev–Trinajstić information content (AvgIpc) is 3.25. The van der Waals surface area contributed by atoms with Gasteiger partial charge in [-0.2, -0.15) is 0 Å². The molecule has 34 heavy (non-hydrogen) atoms. The summed E-state index contributed by atoms with van der Waals surface area (Å²) in [7, 11) is 0. The Morgan fingerprint density at radius 2 is 0.794 bits per heavy atom. The Bertz CT molecular complexity index is 1360. The van der Waals surface area contributed by atoms with Crippen LogP contribution in [0.5, 0.6) is 0 Å². The maximum Gasteiger partial charge on any atom is 0.0184 e. The molecule has 0 bridgehead atoms. The monoisotopic (exact) mass is 442 g/mol. The molecular formula is C34H34. The van der Waals surface area contributed by atoms with Crippen LogP contribution in [0.15, 0.2) is 72.8 Å². The number of aryl methyl sites for hydroxylation is 2. The van der Waals surface area contributed by atoms with Crippen molar-refractivity contribution < 1.29 is 0 Å². The maximum absolute atomic E-state index is 2.48. The highest BCUT2D eigenvalue weighted by molar-refractivity contribution is 5.87. The van der Waals surface area contributed by atoms with Crippen LogP contribution in [0.25, 0.3) is 33.4 Å². The van der Waals surface area contributed by atoms with E-state index in [1.165, 1.54) is 66.8 Å². The first kappa shape index (κ1) is 21.4. The lowest BCUT2D eigenvalue weighted by atomic mass is 9.76. The van der Waals surface area contributed by atoms with Crippen LogP contribution in [-0.4, -0.2) is 0 Å². The van der Waals surface area contributed by atoms with Crippen molar-refractivity contribution >= 4 is 0 Å². The van der Waals surface area contributed by atoms with E-state index in [9.17, 15) is 0 Å². The zero-order valence-corrected chi connectivity index (χ0v) is 21.3. The minimum atomic E-state index is 0.0646. The highest BCUT2D eigenvalue weighted by atomic mass is 14.4. The van der Waals surface area contributed by atoms with E-state index in [1.54, 1.807) is 0 Å². The molecule has 6 rings (SSSR count). The van der Waals surface area contributed by atoms with Gasteiger partial charge in [-0.3, -0.25) is 0 Å². The second-order valence-electron chi connectivity index (χ2n) is 11.0. The van der Waals surface area contributed by atoms with Gasteiger partial charge in [-0.15, -0.1) is 0 Å². The van der Waals surface area contributed by atoms with Gasteiger partial charge < -0.3 is 0 Å². The number of hydrogen-bond acceptors (Lipinski definition) is 0. The second kappa shape index (κ2) is 7.19. The van der Waals surface area contributed by atoms with Crippen molar-refractivity contribution in [3.8, 4) is 33.4 Å². The summed E-state index contributed by atoms with van der Waals surface area (Å²) in [5.41, 5.74) is 17.0. The fourth-order valence-electron chi connectivity index (χ4n) is 6.58. The fourth-order valence-corrected chi connectivity index (χ4v) is 6.58. The van der Waals surface area contributed by atoms with Gasteiger partial charge in [0.25, 0.3) is 0 Å². The Hall–Kier alpha value is -3.12. The third kappa shape index (κ3) is 2.72. The van der Waals surface area contributed by atoms with Crippen LogP contribution >= 0.6 is 0 Å². The van der Waals surface area contributed by atoms with E-state index >= 15 is 0 Å². The van der Waals surface area contributed by atoms with Crippen molar-refractivity contribution in [2.75, 3.05) is 0 Å². The molecule has 0 heterocycles. The summed E-state index contributed by atoms with van der Waals surface area (Å²) in [5, 5.41) is 0. The van der Waals surface area contributed by atoms with Gasteiger partial charge in [-0.25, -0.2) is 0 Å². The molecule has 2 aliphatic carbocycles. The predicted molar refractivity (Wildman–Crippen MR) is 146 cm³/mol. The van der Waals surface area contributed by atoms with Gasteiger partial charge in [0.15, 0.2) is 0 Å². The third-order valence-electron chi connectivity index (χ3n) is 9.09. The zero-order valence-electron chi connectivity index (χ0n) is 21.3. The molecule has 0 heteroatoms. The van der Waals surface area contributed by atoms with E-state index in [0.717, 1.165) is 12.8 Å². The van der Waals surface area contributed by atoms with Crippen molar-refractivity contribution in [2.24, 2.45) is 0 Å². The number of benzene rings is 4. The number of fused-ring (bicyclic) bond motifs is 6. The molecule has 0 saturated heterocycles. The minimum Gasteiger partial charge on any atom is -0.0642 e. The Balaban J connectivity index is 1.51. The molecule has 0 amide bonds. The van der Waals surface area contributed by atoms with Crippen LogP contribution in [0.3, 0.4) is 0 Å². The average molecular weight is 443 g/mol. The molecule has 2 atom stereocenters. The van der Waals surface area contributed by atoms with Gasteiger partial charge >= 0.3 is 0 Å². The summed E-state index contributed by atoms with van der Waals surface area (Å²) < 4.78 is 0. The first-order valence-corrected chi connectivity index (χ1v) is 12.8. The second-order valence-corrected chi connectivity index (χ2v) is 11.0. The Labute approximate surface area is 204 Å². The topological polar surface area (TPSA) is 0 Å². The van der Waals surface area contributed by atoms with Gasteiger partial charge in [0.05, 0.1) is 0 Å². The van der Waals surface area contributed by atoms with Crippen LogP contribution in [0, 0.1) is 13.8 Å². The first-order valence-electron chi connectivity index (χ1n) is 12.8. The van der Waals surface area contributed by atoms with Crippen molar-refractivity contribution in [3.05, 3.63) is 106 Å². The van der Waals surface area contributed by atoms with E-state index < -0.39 is 0 Å². The molecule has 2 aliphatic rings. The Kier molecular flexibility index (Phi) is 4.53. The molecule has 0 aromatic heterocycles.